The summed E-state index contributed by atoms with van der Waals surface area (Å²) in [5.41, 5.74) is -1.91. The van der Waals surface area contributed by atoms with Crippen molar-refractivity contribution < 1.29 is 32.3 Å². The van der Waals surface area contributed by atoms with Gasteiger partial charge in [0.15, 0.2) is 5.17 Å². The number of hydrogen-bond donors (Lipinski definition) is 2. The Morgan fingerprint density at radius 3 is 2.72 bits per heavy atom. The molecule has 12 heteroatoms. The van der Waals surface area contributed by atoms with Gasteiger partial charge in [0.25, 0.3) is 0 Å². The van der Waals surface area contributed by atoms with Crippen LogP contribution in [0, 0.1) is 5.82 Å². The molecule has 0 bridgehead atoms. The number of amides is 1. The lowest BCUT2D eigenvalue weighted by molar-refractivity contribution is -0.140. The quantitative estimate of drug-likeness (QED) is 0.426. The molecule has 134 valence electrons. The van der Waals surface area contributed by atoms with E-state index in [1.165, 1.54) is 0 Å². The van der Waals surface area contributed by atoms with Crippen LogP contribution in [0.2, 0.25) is 0 Å². The van der Waals surface area contributed by atoms with E-state index in [-0.39, 0.29) is 9.64 Å². The molecule has 0 spiro atoms. The van der Waals surface area contributed by atoms with Gasteiger partial charge in [0, 0.05) is 10.0 Å². The molecule has 1 aromatic carbocycles. The first-order valence-electron chi connectivity index (χ1n) is 6.45. The van der Waals surface area contributed by atoms with E-state index >= 15 is 0 Å². The van der Waals surface area contributed by atoms with Crippen molar-refractivity contribution in [1.29, 1.82) is 0 Å². The number of amidine groups is 1. The molecule has 1 fully saturated rings. The van der Waals surface area contributed by atoms with Crippen LogP contribution in [0.3, 0.4) is 0 Å². The third kappa shape index (κ3) is 4.78. The molecule has 2 rings (SSSR count). The van der Waals surface area contributed by atoms with Crippen molar-refractivity contribution in [2.75, 3.05) is 0 Å². The maximum absolute atomic E-state index is 14.0. The normalized spacial score (nSPS) is 19.6. The van der Waals surface area contributed by atoms with E-state index in [0.717, 1.165) is 24.0 Å². The number of aliphatic carboxylic acids is 1. The Bertz CT molecular complexity index is 783. The summed E-state index contributed by atoms with van der Waals surface area (Å²) in [6.45, 7) is 0. The van der Waals surface area contributed by atoms with Gasteiger partial charge < -0.3 is 10.4 Å². The molecule has 6 nitrogen and oxygen atoms in total. The molecule has 1 aliphatic rings. The molecule has 0 saturated carbocycles. The largest absolute Gasteiger partial charge is 0.481 e. The summed E-state index contributed by atoms with van der Waals surface area (Å²) in [6.07, 6.45) is -4.52. The number of carbonyl (C=O) groups excluding carboxylic acids is 1. The lowest BCUT2D eigenvalue weighted by Gasteiger charge is -2.10. The minimum Gasteiger partial charge on any atom is -0.481 e. The van der Waals surface area contributed by atoms with Crippen molar-refractivity contribution in [1.82, 2.24) is 5.32 Å². The molecule has 0 radical (unpaired) electrons. The average Bonchev–Trinajstić information content (AvgIpc) is 2.80. The molecule has 1 atom stereocenters. The van der Waals surface area contributed by atoms with Crippen molar-refractivity contribution in [3.63, 3.8) is 0 Å². The number of benzene rings is 1. The summed E-state index contributed by atoms with van der Waals surface area (Å²) in [4.78, 5) is 22.1. The fourth-order valence-corrected chi connectivity index (χ4v) is 3.11. The maximum atomic E-state index is 14.0. The van der Waals surface area contributed by atoms with Gasteiger partial charge in [-0.15, -0.1) is 5.10 Å². The number of carbonyl (C=O) groups is 2. The van der Waals surface area contributed by atoms with Crippen molar-refractivity contribution in [2.24, 2.45) is 10.2 Å². The summed E-state index contributed by atoms with van der Waals surface area (Å²) in [5, 5.41) is 17.0. The number of carboxylic acid groups (broad SMARTS) is 1. The van der Waals surface area contributed by atoms with E-state index in [0.29, 0.717) is 6.07 Å². The van der Waals surface area contributed by atoms with Crippen LogP contribution in [0.1, 0.15) is 17.5 Å². The summed E-state index contributed by atoms with van der Waals surface area (Å²) >= 11 is 3.73. The van der Waals surface area contributed by atoms with Crippen molar-refractivity contribution in [3.05, 3.63) is 33.5 Å². The van der Waals surface area contributed by atoms with Crippen LogP contribution in [0.5, 0.6) is 0 Å². The fraction of sp³-hybridized carbons (Fsp3) is 0.231. The topological polar surface area (TPSA) is 91.1 Å². The molecule has 1 saturated heterocycles. The van der Waals surface area contributed by atoms with Crippen LogP contribution in [0.4, 0.5) is 17.6 Å². The predicted octanol–water partition coefficient (Wildman–Crippen LogP) is 3.00. The van der Waals surface area contributed by atoms with Crippen molar-refractivity contribution in [3.8, 4) is 0 Å². The molecule has 1 amide bonds. The van der Waals surface area contributed by atoms with E-state index in [9.17, 15) is 27.2 Å². The smallest absolute Gasteiger partial charge is 0.419 e. The van der Waals surface area contributed by atoms with Crippen LogP contribution in [0.15, 0.2) is 26.8 Å². The van der Waals surface area contributed by atoms with Crippen LogP contribution >= 0.6 is 27.7 Å². The van der Waals surface area contributed by atoms with Gasteiger partial charge >= 0.3 is 12.1 Å². The van der Waals surface area contributed by atoms with E-state index in [1.54, 1.807) is 0 Å². The Kier molecular flexibility index (Phi) is 5.83. The summed E-state index contributed by atoms with van der Waals surface area (Å²) < 4.78 is 52.1. The predicted molar refractivity (Wildman–Crippen MR) is 85.9 cm³/mol. The number of hydrogen-bond acceptors (Lipinski definition) is 5. The molecule has 1 unspecified atom stereocenters. The minimum atomic E-state index is -4.86. The second-order valence-electron chi connectivity index (χ2n) is 4.66. The number of carboxylic acids is 1. The van der Waals surface area contributed by atoms with Gasteiger partial charge in [-0.3, -0.25) is 9.59 Å². The number of nitrogens with one attached hydrogen (secondary N) is 1. The molecule has 1 aliphatic heterocycles. The first kappa shape index (κ1) is 19.4. The SMILES string of the molecule is O=C(O)CC1SC(=NN=Cc2c(Br)ccc(C(F)(F)F)c2F)NC1=O. The highest BCUT2D eigenvalue weighted by Gasteiger charge is 2.35. The van der Waals surface area contributed by atoms with Crippen LogP contribution in [-0.2, 0) is 15.8 Å². The third-order valence-corrected chi connectivity index (χ3v) is 4.67. The van der Waals surface area contributed by atoms with Gasteiger partial charge in [-0.05, 0) is 12.1 Å². The molecule has 1 aromatic rings. The Morgan fingerprint density at radius 2 is 2.12 bits per heavy atom. The highest BCUT2D eigenvalue weighted by Crippen LogP contribution is 2.34. The first-order chi connectivity index (χ1) is 11.6. The second kappa shape index (κ2) is 7.52. The molecule has 2 N–H and O–H groups in total. The van der Waals surface area contributed by atoms with E-state index < -0.39 is 46.7 Å². The third-order valence-electron chi connectivity index (χ3n) is 2.90. The zero-order chi connectivity index (χ0) is 18.8. The Hall–Kier alpha value is -1.95. The number of nitrogens with zero attached hydrogens (tertiary/aromatic N) is 2. The van der Waals surface area contributed by atoms with E-state index in [1.807, 2.05) is 0 Å². The lowest BCUT2D eigenvalue weighted by atomic mass is 10.1. The standard InChI is InChI=1S/C13H8BrF4N3O3S/c14-7-2-1-6(13(16,17)18)10(15)5(7)4-19-21-12-20-11(24)8(25-12)3-9(22)23/h1-2,4,8H,3H2,(H,22,23)(H,20,21,24). The van der Waals surface area contributed by atoms with Gasteiger partial charge in [-0.2, -0.15) is 18.3 Å². The Balaban J connectivity index is 2.20. The molecular formula is C13H8BrF4N3O3S. The Labute approximate surface area is 150 Å². The monoisotopic (exact) mass is 441 g/mol. The number of halogens is 5. The molecule has 0 aliphatic carbocycles. The number of rotatable bonds is 4. The van der Waals surface area contributed by atoms with Gasteiger partial charge in [0.2, 0.25) is 5.91 Å². The highest BCUT2D eigenvalue weighted by atomic mass is 79.9. The van der Waals surface area contributed by atoms with Gasteiger partial charge in [0.1, 0.15) is 11.1 Å². The van der Waals surface area contributed by atoms with E-state index in [2.05, 4.69) is 31.4 Å². The molecule has 0 aromatic heterocycles. The average molecular weight is 442 g/mol. The molecular weight excluding hydrogens is 434 g/mol. The summed E-state index contributed by atoms with van der Waals surface area (Å²) in [5.74, 6) is -3.27. The summed E-state index contributed by atoms with van der Waals surface area (Å²) in [7, 11) is 0. The Morgan fingerprint density at radius 1 is 1.44 bits per heavy atom. The second-order valence-corrected chi connectivity index (χ2v) is 6.71. The van der Waals surface area contributed by atoms with Crippen LogP contribution in [0.25, 0.3) is 0 Å². The number of alkyl halides is 3. The zero-order valence-corrected chi connectivity index (χ0v) is 14.4. The van der Waals surface area contributed by atoms with Gasteiger partial charge in [-0.1, -0.05) is 27.7 Å². The van der Waals surface area contributed by atoms with Crippen LogP contribution < -0.4 is 5.32 Å². The lowest BCUT2D eigenvalue weighted by Crippen LogP contribution is -2.26. The van der Waals surface area contributed by atoms with Crippen molar-refractivity contribution >= 4 is 51.0 Å². The zero-order valence-electron chi connectivity index (χ0n) is 12.0. The van der Waals surface area contributed by atoms with Crippen molar-refractivity contribution in [2.45, 2.75) is 17.8 Å². The fourth-order valence-electron chi connectivity index (χ4n) is 1.79. The van der Waals surface area contributed by atoms with E-state index in [4.69, 9.17) is 5.11 Å². The maximum Gasteiger partial charge on any atom is 0.419 e. The van der Waals surface area contributed by atoms with Gasteiger partial charge in [-0.25, -0.2) is 4.39 Å². The number of thioether (sulfide) groups is 1. The summed E-state index contributed by atoms with van der Waals surface area (Å²) in [6, 6.07) is 1.61. The van der Waals surface area contributed by atoms with Crippen LogP contribution in [-0.4, -0.2) is 33.6 Å². The van der Waals surface area contributed by atoms with Gasteiger partial charge in [0.05, 0.1) is 18.2 Å². The highest BCUT2D eigenvalue weighted by molar-refractivity contribution is 9.10. The molecule has 25 heavy (non-hydrogen) atoms. The molecule has 1 heterocycles. The first-order valence-corrected chi connectivity index (χ1v) is 8.12. The minimum absolute atomic E-state index is 0.0315.